The lowest BCUT2D eigenvalue weighted by Gasteiger charge is -2.27. The second-order valence-electron chi connectivity index (χ2n) is 4.49. The van der Waals surface area contributed by atoms with Gasteiger partial charge in [0.25, 0.3) is 0 Å². The molecule has 1 unspecified atom stereocenters. The maximum atomic E-state index is 4.77. The van der Waals surface area contributed by atoms with Gasteiger partial charge < -0.3 is 5.32 Å². The van der Waals surface area contributed by atoms with E-state index in [1.54, 1.807) is 0 Å². The zero-order valence-corrected chi connectivity index (χ0v) is 9.59. The van der Waals surface area contributed by atoms with Crippen molar-refractivity contribution in [2.24, 2.45) is 4.99 Å². The minimum absolute atomic E-state index is 0.00859. The molecule has 0 aliphatic carbocycles. The molecule has 0 amide bonds. The SMILES string of the molecule is C=C1NCCC12C(CC)=Nc1ccccc12. The molecule has 3 rings (SSSR count). The summed E-state index contributed by atoms with van der Waals surface area (Å²) in [7, 11) is 0. The molecule has 2 heteroatoms. The van der Waals surface area contributed by atoms with Crippen LogP contribution in [0.4, 0.5) is 5.69 Å². The molecule has 82 valence electrons. The van der Waals surface area contributed by atoms with Gasteiger partial charge in [-0.3, -0.25) is 4.99 Å². The fourth-order valence-corrected chi connectivity index (χ4v) is 3.03. The van der Waals surface area contributed by atoms with Gasteiger partial charge in [-0.2, -0.15) is 0 Å². The van der Waals surface area contributed by atoms with Gasteiger partial charge >= 0.3 is 0 Å². The minimum Gasteiger partial charge on any atom is -0.388 e. The van der Waals surface area contributed by atoms with Crippen LogP contribution in [0, 0.1) is 0 Å². The van der Waals surface area contributed by atoms with Gasteiger partial charge in [0, 0.05) is 18.0 Å². The molecule has 0 saturated carbocycles. The highest BCUT2D eigenvalue weighted by Crippen LogP contribution is 2.48. The normalized spacial score (nSPS) is 26.8. The molecule has 1 aromatic carbocycles. The first-order valence-corrected chi connectivity index (χ1v) is 5.90. The molecule has 2 aliphatic heterocycles. The highest BCUT2D eigenvalue weighted by atomic mass is 15.0. The van der Waals surface area contributed by atoms with Gasteiger partial charge in [0.1, 0.15) is 0 Å². The smallest absolute Gasteiger partial charge is 0.0763 e. The number of aliphatic imine (C=N–C) groups is 1. The van der Waals surface area contributed by atoms with Crippen LogP contribution in [-0.4, -0.2) is 12.3 Å². The van der Waals surface area contributed by atoms with Crippen LogP contribution in [0.25, 0.3) is 0 Å². The molecule has 2 aliphatic rings. The second-order valence-corrected chi connectivity index (χ2v) is 4.49. The molecule has 0 bridgehead atoms. The predicted octanol–water partition coefficient (Wildman–Crippen LogP) is 2.93. The van der Waals surface area contributed by atoms with E-state index in [-0.39, 0.29) is 5.41 Å². The van der Waals surface area contributed by atoms with Crippen molar-refractivity contribution >= 4 is 11.4 Å². The summed E-state index contributed by atoms with van der Waals surface area (Å²) in [5.41, 5.74) is 4.85. The van der Waals surface area contributed by atoms with Crippen molar-refractivity contribution in [1.82, 2.24) is 5.32 Å². The minimum atomic E-state index is -0.00859. The topological polar surface area (TPSA) is 24.4 Å². The molecule has 16 heavy (non-hydrogen) atoms. The third-order valence-electron chi connectivity index (χ3n) is 3.80. The van der Waals surface area contributed by atoms with E-state index in [1.807, 2.05) is 0 Å². The largest absolute Gasteiger partial charge is 0.388 e. The summed E-state index contributed by atoms with van der Waals surface area (Å²) in [4.78, 5) is 4.77. The Hall–Kier alpha value is -1.57. The fourth-order valence-electron chi connectivity index (χ4n) is 3.03. The highest BCUT2D eigenvalue weighted by Gasteiger charge is 2.47. The lowest BCUT2D eigenvalue weighted by atomic mass is 9.74. The zero-order valence-electron chi connectivity index (χ0n) is 9.59. The quantitative estimate of drug-likeness (QED) is 0.760. The number of nitrogens with one attached hydrogen (secondary N) is 1. The Balaban J connectivity index is 2.24. The lowest BCUT2D eigenvalue weighted by molar-refractivity contribution is 0.706. The molecule has 1 fully saturated rings. The molecule has 0 aromatic heterocycles. The van der Waals surface area contributed by atoms with Gasteiger partial charge in [0.2, 0.25) is 0 Å². The number of nitrogens with zero attached hydrogens (tertiary/aromatic N) is 1. The Labute approximate surface area is 96.1 Å². The molecule has 1 N–H and O–H groups in total. The van der Waals surface area contributed by atoms with Crippen LogP contribution in [0.1, 0.15) is 25.3 Å². The summed E-state index contributed by atoms with van der Waals surface area (Å²) < 4.78 is 0. The summed E-state index contributed by atoms with van der Waals surface area (Å²) in [5.74, 6) is 0. The first kappa shape index (κ1) is 9.64. The highest BCUT2D eigenvalue weighted by molar-refractivity contribution is 6.04. The van der Waals surface area contributed by atoms with Gasteiger partial charge in [0.05, 0.1) is 11.1 Å². The Morgan fingerprint density at radius 1 is 1.44 bits per heavy atom. The van der Waals surface area contributed by atoms with Crippen molar-refractivity contribution in [1.29, 1.82) is 0 Å². The first-order chi connectivity index (χ1) is 7.79. The number of rotatable bonds is 1. The summed E-state index contributed by atoms with van der Waals surface area (Å²) >= 11 is 0. The van der Waals surface area contributed by atoms with Gasteiger partial charge in [-0.15, -0.1) is 0 Å². The molecular formula is C14H16N2. The Kier molecular flexibility index (Phi) is 1.93. The Bertz CT molecular complexity index is 487. The fraction of sp³-hybridized carbons (Fsp3) is 0.357. The average molecular weight is 212 g/mol. The standard InChI is InChI=1S/C14H16N2/c1-3-13-14(8-9-15-10(14)2)11-6-4-5-7-12(11)16-13/h4-7,15H,2-3,8-9H2,1H3. The van der Waals surface area contributed by atoms with E-state index in [0.717, 1.165) is 30.8 Å². The van der Waals surface area contributed by atoms with Gasteiger partial charge in [-0.05, 0) is 24.5 Å². The Morgan fingerprint density at radius 2 is 2.25 bits per heavy atom. The van der Waals surface area contributed by atoms with Crippen LogP contribution >= 0.6 is 0 Å². The van der Waals surface area contributed by atoms with Crippen molar-refractivity contribution < 1.29 is 0 Å². The van der Waals surface area contributed by atoms with Crippen LogP contribution < -0.4 is 5.32 Å². The van der Waals surface area contributed by atoms with Crippen LogP contribution in [0.15, 0.2) is 41.5 Å². The van der Waals surface area contributed by atoms with E-state index in [2.05, 4.69) is 43.1 Å². The van der Waals surface area contributed by atoms with Crippen molar-refractivity contribution in [2.75, 3.05) is 6.54 Å². The van der Waals surface area contributed by atoms with E-state index in [1.165, 1.54) is 11.3 Å². The maximum absolute atomic E-state index is 4.77. The average Bonchev–Trinajstić information content (AvgIpc) is 2.84. The third-order valence-corrected chi connectivity index (χ3v) is 3.80. The van der Waals surface area contributed by atoms with Crippen LogP contribution in [-0.2, 0) is 5.41 Å². The second kappa shape index (κ2) is 3.21. The van der Waals surface area contributed by atoms with E-state index >= 15 is 0 Å². The van der Waals surface area contributed by atoms with Crippen LogP contribution in [0.5, 0.6) is 0 Å². The number of hydrogen-bond acceptors (Lipinski definition) is 2. The number of fused-ring (bicyclic) bond motifs is 2. The molecule has 2 heterocycles. The molecule has 0 radical (unpaired) electrons. The van der Waals surface area contributed by atoms with Gasteiger partial charge in [0.15, 0.2) is 0 Å². The van der Waals surface area contributed by atoms with E-state index in [4.69, 9.17) is 4.99 Å². The number of allylic oxidation sites excluding steroid dienone is 1. The molecule has 1 saturated heterocycles. The van der Waals surface area contributed by atoms with Gasteiger partial charge in [-0.25, -0.2) is 0 Å². The Morgan fingerprint density at radius 3 is 2.94 bits per heavy atom. The van der Waals surface area contributed by atoms with E-state index < -0.39 is 0 Å². The summed E-state index contributed by atoms with van der Waals surface area (Å²) in [6.45, 7) is 7.38. The van der Waals surface area contributed by atoms with Crippen molar-refractivity contribution in [3.05, 3.63) is 42.1 Å². The predicted molar refractivity (Wildman–Crippen MR) is 67.3 cm³/mol. The van der Waals surface area contributed by atoms with E-state index in [0.29, 0.717) is 0 Å². The van der Waals surface area contributed by atoms with Crippen molar-refractivity contribution in [2.45, 2.75) is 25.2 Å². The van der Waals surface area contributed by atoms with Crippen molar-refractivity contribution in [3.63, 3.8) is 0 Å². The molecule has 1 atom stereocenters. The zero-order chi connectivity index (χ0) is 11.2. The lowest BCUT2D eigenvalue weighted by Crippen LogP contribution is -2.32. The van der Waals surface area contributed by atoms with Crippen LogP contribution in [0.2, 0.25) is 0 Å². The van der Waals surface area contributed by atoms with Gasteiger partial charge in [-0.1, -0.05) is 31.7 Å². The number of hydrogen-bond donors (Lipinski definition) is 1. The number of benzene rings is 1. The number of para-hydroxylation sites is 1. The van der Waals surface area contributed by atoms with Crippen molar-refractivity contribution in [3.8, 4) is 0 Å². The molecule has 2 nitrogen and oxygen atoms in total. The first-order valence-electron chi connectivity index (χ1n) is 5.90. The molecule has 1 aromatic rings. The van der Waals surface area contributed by atoms with E-state index in [9.17, 15) is 0 Å². The summed E-state index contributed by atoms with van der Waals surface area (Å²) in [6, 6.07) is 8.45. The molecule has 1 spiro atoms. The summed E-state index contributed by atoms with van der Waals surface area (Å²) in [5, 5.41) is 3.38. The molecular weight excluding hydrogens is 196 g/mol. The monoisotopic (exact) mass is 212 g/mol. The van der Waals surface area contributed by atoms with Crippen LogP contribution in [0.3, 0.4) is 0 Å². The summed E-state index contributed by atoms with van der Waals surface area (Å²) in [6.07, 6.45) is 2.09. The third kappa shape index (κ3) is 0.993. The maximum Gasteiger partial charge on any atom is 0.0763 e.